The lowest BCUT2D eigenvalue weighted by Gasteiger charge is -2.20. The molecule has 0 heterocycles. The van der Waals surface area contributed by atoms with Crippen LogP contribution in [0, 0.1) is 5.41 Å². The van der Waals surface area contributed by atoms with Gasteiger partial charge in [0.25, 0.3) is 0 Å². The second kappa shape index (κ2) is 3.73. The number of hydrogen-bond acceptors (Lipinski definition) is 0. The lowest BCUT2D eigenvalue weighted by atomic mass is 9.87. The summed E-state index contributed by atoms with van der Waals surface area (Å²) in [6.07, 6.45) is 0. The molecule has 1 rings (SSSR count). The van der Waals surface area contributed by atoms with Gasteiger partial charge in [-0.1, -0.05) is 31.0 Å². The minimum Gasteiger partial charge on any atom is -0.0879 e. The molecule has 0 aliphatic heterocycles. The molecule has 0 atom stereocenters. The molecule has 66 valence electrons. The third kappa shape index (κ3) is 1.59. The monoisotopic (exact) mass is 196 g/mol. The standard InChI is InChI=1S/C10H15Cl.Mg.2H/c1-6-7(2)9(11)10(4,5)8(6)3;;;/h1-5H3;;;. The van der Waals surface area contributed by atoms with Gasteiger partial charge < -0.3 is 0 Å². The van der Waals surface area contributed by atoms with Crippen molar-refractivity contribution in [2.45, 2.75) is 34.6 Å². The quantitative estimate of drug-likeness (QED) is 0.523. The van der Waals surface area contributed by atoms with Crippen LogP contribution in [0.3, 0.4) is 0 Å². The predicted molar refractivity (Wildman–Crippen MR) is 59.3 cm³/mol. The van der Waals surface area contributed by atoms with E-state index in [1.807, 2.05) is 0 Å². The molecule has 0 bridgehead atoms. The first kappa shape index (κ1) is 12.5. The van der Waals surface area contributed by atoms with Crippen molar-refractivity contribution in [1.82, 2.24) is 0 Å². The van der Waals surface area contributed by atoms with Crippen LogP contribution in [0.2, 0.25) is 0 Å². The highest BCUT2D eigenvalue weighted by Crippen LogP contribution is 2.47. The van der Waals surface area contributed by atoms with Gasteiger partial charge in [0.05, 0.1) is 0 Å². The Hall–Kier alpha value is 0.536. The van der Waals surface area contributed by atoms with E-state index in [9.17, 15) is 0 Å². The number of allylic oxidation sites excluding steroid dienone is 4. The Balaban J connectivity index is 0.00000121. The van der Waals surface area contributed by atoms with Gasteiger partial charge in [0, 0.05) is 10.4 Å². The van der Waals surface area contributed by atoms with Crippen molar-refractivity contribution in [1.29, 1.82) is 0 Å². The van der Waals surface area contributed by atoms with Crippen LogP contribution < -0.4 is 0 Å². The summed E-state index contributed by atoms with van der Waals surface area (Å²) in [6, 6.07) is 0. The van der Waals surface area contributed by atoms with Gasteiger partial charge >= 0.3 is 23.1 Å². The largest absolute Gasteiger partial charge is 0.316 e. The zero-order chi connectivity index (χ0) is 8.81. The Bertz CT molecular complexity index is 233. The summed E-state index contributed by atoms with van der Waals surface area (Å²) in [5.74, 6) is 0. The molecule has 0 aromatic carbocycles. The normalized spacial score (nSPS) is 21.5. The molecule has 0 saturated heterocycles. The van der Waals surface area contributed by atoms with Gasteiger partial charge in [-0.05, 0) is 31.9 Å². The molecule has 0 nitrogen and oxygen atoms in total. The highest BCUT2D eigenvalue weighted by atomic mass is 35.5. The smallest absolute Gasteiger partial charge is 0.0879 e. The van der Waals surface area contributed by atoms with E-state index in [1.165, 1.54) is 16.7 Å². The van der Waals surface area contributed by atoms with Crippen molar-refractivity contribution in [3.63, 3.8) is 0 Å². The van der Waals surface area contributed by atoms with Crippen molar-refractivity contribution >= 4 is 34.7 Å². The van der Waals surface area contributed by atoms with Gasteiger partial charge in [-0.3, -0.25) is 0 Å². The van der Waals surface area contributed by atoms with Crippen LogP contribution >= 0.6 is 11.6 Å². The number of halogens is 1. The number of rotatable bonds is 0. The molecule has 0 unspecified atom stereocenters. The van der Waals surface area contributed by atoms with Crippen LogP contribution in [0.1, 0.15) is 34.6 Å². The average molecular weight is 197 g/mol. The molecule has 12 heavy (non-hydrogen) atoms. The highest BCUT2D eigenvalue weighted by molar-refractivity contribution is 6.31. The molecule has 0 amide bonds. The summed E-state index contributed by atoms with van der Waals surface area (Å²) in [4.78, 5) is 0. The Morgan fingerprint density at radius 1 is 1.00 bits per heavy atom. The molecule has 0 fully saturated rings. The van der Waals surface area contributed by atoms with Crippen molar-refractivity contribution in [2.75, 3.05) is 0 Å². The maximum absolute atomic E-state index is 6.18. The molecular formula is C10H17ClMg. The minimum absolute atomic E-state index is 0. The van der Waals surface area contributed by atoms with Crippen molar-refractivity contribution in [3.8, 4) is 0 Å². The predicted octanol–water partition coefficient (Wildman–Crippen LogP) is 2.96. The Morgan fingerprint density at radius 2 is 1.42 bits per heavy atom. The third-order valence-electron chi connectivity index (χ3n) is 2.94. The zero-order valence-corrected chi connectivity index (χ0v) is 8.63. The first-order valence-electron chi connectivity index (χ1n) is 3.94. The van der Waals surface area contributed by atoms with Crippen molar-refractivity contribution in [2.24, 2.45) is 5.41 Å². The average Bonchev–Trinajstić information content (AvgIpc) is 2.06. The van der Waals surface area contributed by atoms with E-state index < -0.39 is 0 Å². The maximum atomic E-state index is 6.18. The highest BCUT2D eigenvalue weighted by Gasteiger charge is 2.32. The summed E-state index contributed by atoms with van der Waals surface area (Å²) < 4.78 is 0. The molecule has 0 N–H and O–H groups in total. The molecule has 1 aliphatic rings. The molecule has 2 heteroatoms. The molecule has 0 radical (unpaired) electrons. The third-order valence-corrected chi connectivity index (χ3v) is 3.70. The van der Waals surface area contributed by atoms with Crippen LogP contribution in [0.15, 0.2) is 21.8 Å². The van der Waals surface area contributed by atoms with E-state index in [1.54, 1.807) is 0 Å². The minimum atomic E-state index is 0. The Labute approximate surface area is 96.2 Å². The fourth-order valence-corrected chi connectivity index (χ4v) is 1.83. The fourth-order valence-electron chi connectivity index (χ4n) is 1.55. The van der Waals surface area contributed by atoms with Crippen molar-refractivity contribution < 1.29 is 0 Å². The van der Waals surface area contributed by atoms with E-state index >= 15 is 0 Å². The lowest BCUT2D eigenvalue weighted by Crippen LogP contribution is -2.09. The summed E-state index contributed by atoms with van der Waals surface area (Å²) >= 11 is 6.18. The Morgan fingerprint density at radius 3 is 1.50 bits per heavy atom. The maximum Gasteiger partial charge on any atom is 0.316 e. The van der Waals surface area contributed by atoms with Crippen LogP contribution in [0.25, 0.3) is 0 Å². The molecular weight excluding hydrogens is 180 g/mol. The second-order valence-corrected chi connectivity index (χ2v) is 4.19. The second-order valence-electron chi connectivity index (χ2n) is 3.81. The van der Waals surface area contributed by atoms with Crippen LogP contribution in [-0.2, 0) is 0 Å². The zero-order valence-electron chi connectivity index (χ0n) is 7.88. The van der Waals surface area contributed by atoms with E-state index in [0.717, 1.165) is 5.03 Å². The topological polar surface area (TPSA) is 0 Å². The summed E-state index contributed by atoms with van der Waals surface area (Å²) in [5, 5.41) is 1.01. The van der Waals surface area contributed by atoms with E-state index in [-0.39, 0.29) is 28.5 Å². The summed E-state index contributed by atoms with van der Waals surface area (Å²) in [5.41, 5.74) is 4.10. The van der Waals surface area contributed by atoms with Gasteiger partial charge in [-0.2, -0.15) is 0 Å². The molecule has 1 aliphatic carbocycles. The SMILES string of the molecule is CC1=C(C)C(C)(C)C(Cl)=C1C.[MgH2]. The van der Waals surface area contributed by atoms with Crippen LogP contribution in [0.4, 0.5) is 0 Å². The van der Waals surface area contributed by atoms with E-state index in [0.29, 0.717) is 0 Å². The molecule has 0 saturated carbocycles. The summed E-state index contributed by atoms with van der Waals surface area (Å²) in [6.45, 7) is 10.7. The van der Waals surface area contributed by atoms with Gasteiger partial charge in [0.1, 0.15) is 0 Å². The molecule has 0 spiro atoms. The first-order valence-corrected chi connectivity index (χ1v) is 4.32. The van der Waals surface area contributed by atoms with Gasteiger partial charge in [0.2, 0.25) is 0 Å². The van der Waals surface area contributed by atoms with E-state index in [2.05, 4.69) is 34.6 Å². The van der Waals surface area contributed by atoms with Crippen LogP contribution in [0.5, 0.6) is 0 Å². The van der Waals surface area contributed by atoms with Gasteiger partial charge in [0.15, 0.2) is 0 Å². The lowest BCUT2D eigenvalue weighted by molar-refractivity contribution is 0.574. The van der Waals surface area contributed by atoms with E-state index in [4.69, 9.17) is 11.6 Å². The fraction of sp³-hybridized carbons (Fsp3) is 0.600. The van der Waals surface area contributed by atoms with Gasteiger partial charge in [-0.15, -0.1) is 0 Å². The number of hydrogen-bond donors (Lipinski definition) is 0. The van der Waals surface area contributed by atoms with Gasteiger partial charge in [-0.25, -0.2) is 0 Å². The summed E-state index contributed by atoms with van der Waals surface area (Å²) in [7, 11) is 0. The van der Waals surface area contributed by atoms with Crippen LogP contribution in [-0.4, -0.2) is 23.1 Å². The molecule has 0 aromatic heterocycles. The first-order chi connectivity index (χ1) is 4.89. The Kier molecular flexibility index (Phi) is 3.89. The van der Waals surface area contributed by atoms with Crippen molar-refractivity contribution in [3.05, 3.63) is 21.8 Å². The molecule has 0 aromatic rings.